The monoisotopic (exact) mass is 524 g/mol. The maximum atomic E-state index is 13.4. The van der Waals surface area contributed by atoms with Crippen LogP contribution in [0, 0.1) is 0 Å². The van der Waals surface area contributed by atoms with Gasteiger partial charge in [-0.1, -0.05) is 109 Å². The number of carbonyl (C=O) groups excluding carboxylic acids is 2. The lowest BCUT2D eigenvalue weighted by Gasteiger charge is -2.19. The smallest absolute Gasteiger partial charge is 0.252 e. The predicted molar refractivity (Wildman–Crippen MR) is 150 cm³/mol. The molecule has 1 amide bonds. The van der Waals surface area contributed by atoms with Gasteiger partial charge in [0.15, 0.2) is 5.78 Å². The van der Waals surface area contributed by atoms with Crippen LogP contribution in [0.2, 0.25) is 0 Å². The molecule has 0 radical (unpaired) electrons. The second-order valence-electron chi connectivity index (χ2n) is 8.65. The lowest BCUT2D eigenvalue weighted by Crippen LogP contribution is -2.46. The highest BCUT2D eigenvalue weighted by atomic mass is 32.2. The van der Waals surface area contributed by atoms with Crippen LogP contribution >= 0.6 is 0 Å². The van der Waals surface area contributed by atoms with E-state index in [2.05, 4.69) is 10.0 Å². The van der Waals surface area contributed by atoms with Crippen molar-refractivity contribution < 1.29 is 18.0 Å². The molecule has 192 valence electrons. The van der Waals surface area contributed by atoms with E-state index in [0.717, 1.165) is 11.1 Å². The van der Waals surface area contributed by atoms with E-state index in [1.165, 1.54) is 12.1 Å². The van der Waals surface area contributed by atoms with Crippen molar-refractivity contribution in [3.63, 3.8) is 0 Å². The van der Waals surface area contributed by atoms with E-state index < -0.39 is 34.3 Å². The summed E-state index contributed by atoms with van der Waals surface area (Å²) in [4.78, 5) is 26.7. The molecule has 6 nitrogen and oxygen atoms in total. The van der Waals surface area contributed by atoms with Gasteiger partial charge in [-0.15, -0.1) is 0 Å². The van der Waals surface area contributed by atoms with Crippen molar-refractivity contribution in [1.29, 1.82) is 0 Å². The Morgan fingerprint density at radius 3 is 1.97 bits per heavy atom. The molecule has 0 aromatic heterocycles. The predicted octanol–water partition coefficient (Wildman–Crippen LogP) is 4.75. The molecule has 4 rings (SSSR count). The van der Waals surface area contributed by atoms with Crippen molar-refractivity contribution in [3.05, 3.63) is 138 Å². The molecule has 4 aromatic rings. The molecule has 0 aliphatic carbocycles. The number of hydrogen-bond acceptors (Lipinski definition) is 4. The minimum Gasteiger partial charge on any atom is -0.342 e. The molecule has 0 unspecified atom stereocenters. The fourth-order valence-corrected chi connectivity index (χ4v) is 4.92. The number of carbonyl (C=O) groups is 2. The Bertz CT molecular complexity index is 1500. The Morgan fingerprint density at radius 1 is 0.711 bits per heavy atom. The molecular formula is C31H28N2O4S. The lowest BCUT2D eigenvalue weighted by molar-refractivity contribution is -0.119. The van der Waals surface area contributed by atoms with E-state index in [9.17, 15) is 18.0 Å². The van der Waals surface area contributed by atoms with Crippen LogP contribution in [0.3, 0.4) is 0 Å². The van der Waals surface area contributed by atoms with Crippen LogP contribution in [0.4, 0.5) is 0 Å². The molecule has 2 N–H and O–H groups in total. The Kier molecular flexibility index (Phi) is 8.98. The third-order valence-corrected chi connectivity index (χ3v) is 7.34. The van der Waals surface area contributed by atoms with Gasteiger partial charge in [0.05, 0.1) is 17.5 Å². The van der Waals surface area contributed by atoms with Crippen molar-refractivity contribution in [3.8, 4) is 0 Å². The van der Waals surface area contributed by atoms with Crippen LogP contribution in [-0.2, 0) is 21.2 Å². The van der Waals surface area contributed by atoms with Gasteiger partial charge in [0.25, 0.3) is 5.91 Å². The fraction of sp³-hybridized carbons (Fsp3) is 0.0968. The lowest BCUT2D eigenvalue weighted by atomic mass is 10.0. The number of Topliss-reactive ketones (excluding diaryl/α,β-unsaturated/α-hetero) is 1. The van der Waals surface area contributed by atoms with E-state index >= 15 is 0 Å². The normalized spacial score (nSPS) is 12.2. The van der Waals surface area contributed by atoms with Crippen LogP contribution in [0.1, 0.15) is 27.0 Å². The summed E-state index contributed by atoms with van der Waals surface area (Å²) in [6.07, 6.45) is 3.99. The van der Waals surface area contributed by atoms with Gasteiger partial charge in [-0.2, -0.15) is 0 Å². The van der Waals surface area contributed by atoms with Crippen molar-refractivity contribution in [2.75, 3.05) is 6.54 Å². The third kappa shape index (κ3) is 7.35. The first-order valence-electron chi connectivity index (χ1n) is 12.2. The molecule has 0 aliphatic heterocycles. The summed E-state index contributed by atoms with van der Waals surface area (Å²) in [5.41, 5.74) is 2.94. The number of sulfonamides is 1. The minimum absolute atomic E-state index is 0.0653. The van der Waals surface area contributed by atoms with Gasteiger partial charge in [-0.05, 0) is 41.3 Å². The molecule has 0 aliphatic rings. The van der Waals surface area contributed by atoms with E-state index in [-0.39, 0.29) is 11.3 Å². The van der Waals surface area contributed by atoms with Gasteiger partial charge in [-0.25, -0.2) is 13.1 Å². The highest BCUT2D eigenvalue weighted by Gasteiger charge is 2.24. The molecule has 0 heterocycles. The van der Waals surface area contributed by atoms with Gasteiger partial charge < -0.3 is 5.32 Å². The molecule has 4 aromatic carbocycles. The number of ketones is 1. The highest BCUT2D eigenvalue weighted by molar-refractivity contribution is 7.89. The largest absolute Gasteiger partial charge is 0.342 e. The Hall–Kier alpha value is -4.33. The van der Waals surface area contributed by atoms with Gasteiger partial charge in [0.2, 0.25) is 10.0 Å². The minimum atomic E-state index is -3.88. The highest BCUT2D eigenvalue weighted by Crippen LogP contribution is 2.15. The summed E-state index contributed by atoms with van der Waals surface area (Å²) in [5, 5.41) is 2.84. The second kappa shape index (κ2) is 12.8. The number of rotatable bonds is 11. The SMILES string of the molecule is O=C(N[C@@H](Cc1ccccc1)C(=O)CNS(=O)(=O)c1ccccc1)c1ccccc1C=Cc1ccccc1. The summed E-state index contributed by atoms with van der Waals surface area (Å²) in [6.45, 7) is -0.454. The summed E-state index contributed by atoms with van der Waals surface area (Å²) < 4.78 is 27.6. The maximum absolute atomic E-state index is 13.4. The van der Waals surface area contributed by atoms with E-state index in [4.69, 9.17) is 0 Å². The van der Waals surface area contributed by atoms with Crippen molar-refractivity contribution >= 4 is 33.9 Å². The zero-order valence-electron chi connectivity index (χ0n) is 20.7. The Labute approximate surface area is 223 Å². The second-order valence-corrected chi connectivity index (χ2v) is 10.4. The molecule has 0 saturated carbocycles. The third-order valence-electron chi connectivity index (χ3n) is 5.93. The van der Waals surface area contributed by atoms with E-state index in [0.29, 0.717) is 11.1 Å². The average Bonchev–Trinajstić information content (AvgIpc) is 2.96. The van der Waals surface area contributed by atoms with Gasteiger partial charge in [0, 0.05) is 5.56 Å². The number of hydrogen-bond donors (Lipinski definition) is 2. The van der Waals surface area contributed by atoms with Crippen molar-refractivity contribution in [1.82, 2.24) is 10.0 Å². The van der Waals surface area contributed by atoms with E-state index in [1.54, 1.807) is 30.3 Å². The first kappa shape index (κ1) is 26.7. The number of benzene rings is 4. The first-order chi connectivity index (χ1) is 18.4. The van der Waals surface area contributed by atoms with Crippen LogP contribution < -0.4 is 10.0 Å². The van der Waals surface area contributed by atoms with Gasteiger partial charge >= 0.3 is 0 Å². The van der Waals surface area contributed by atoms with Crippen molar-refractivity contribution in [2.45, 2.75) is 17.4 Å². The summed E-state index contributed by atoms with van der Waals surface area (Å²) in [5.74, 6) is -0.863. The summed E-state index contributed by atoms with van der Waals surface area (Å²) in [7, 11) is -3.88. The quantitative estimate of drug-likeness (QED) is 0.277. The van der Waals surface area contributed by atoms with Crippen LogP contribution in [0.25, 0.3) is 12.2 Å². The van der Waals surface area contributed by atoms with Crippen LogP contribution in [-0.4, -0.2) is 32.7 Å². The van der Waals surface area contributed by atoms with Crippen LogP contribution in [0.15, 0.2) is 120 Å². The standard InChI is InChI=1S/C31H28N2O4S/c34-30(23-32-38(36,37)27-17-8-3-9-18-27)29(22-25-14-6-2-7-15-25)33-31(35)28-19-11-10-16-26(28)21-20-24-12-4-1-5-13-24/h1-21,29,32H,22-23H2,(H,33,35)/t29-/m0/s1. The first-order valence-corrected chi connectivity index (χ1v) is 13.6. The summed E-state index contributed by atoms with van der Waals surface area (Å²) >= 11 is 0. The zero-order valence-corrected chi connectivity index (χ0v) is 21.5. The Balaban J connectivity index is 1.53. The topological polar surface area (TPSA) is 92.3 Å². The van der Waals surface area contributed by atoms with Crippen LogP contribution in [0.5, 0.6) is 0 Å². The summed E-state index contributed by atoms with van der Waals surface area (Å²) in [6, 6.07) is 33.0. The fourth-order valence-electron chi connectivity index (χ4n) is 3.90. The average molecular weight is 525 g/mol. The molecule has 0 bridgehead atoms. The zero-order chi connectivity index (χ0) is 26.8. The molecular weight excluding hydrogens is 496 g/mol. The molecule has 7 heteroatoms. The number of nitrogens with one attached hydrogen (secondary N) is 2. The number of amides is 1. The molecule has 1 atom stereocenters. The van der Waals surface area contributed by atoms with Gasteiger partial charge in [-0.3, -0.25) is 9.59 Å². The molecule has 0 fully saturated rings. The molecule has 0 spiro atoms. The maximum Gasteiger partial charge on any atom is 0.252 e. The molecule has 38 heavy (non-hydrogen) atoms. The van der Waals surface area contributed by atoms with Gasteiger partial charge in [0.1, 0.15) is 0 Å². The molecule has 0 saturated heterocycles. The Morgan fingerprint density at radius 2 is 1.29 bits per heavy atom. The van der Waals surface area contributed by atoms with Crippen molar-refractivity contribution in [2.24, 2.45) is 0 Å². The van der Waals surface area contributed by atoms with E-state index in [1.807, 2.05) is 84.9 Å².